The molecule has 0 aliphatic heterocycles. The maximum absolute atomic E-state index is 11.3. The minimum absolute atomic E-state index is 0.404. The van der Waals surface area contributed by atoms with Crippen molar-refractivity contribution in [2.75, 3.05) is 0 Å². The van der Waals surface area contributed by atoms with E-state index in [9.17, 15) is 9.90 Å². The van der Waals surface area contributed by atoms with Crippen LogP contribution in [0.5, 0.6) is 0 Å². The summed E-state index contributed by atoms with van der Waals surface area (Å²) in [4.78, 5) is 11.3. The predicted octanol–water partition coefficient (Wildman–Crippen LogP) is 3.23. The molecule has 0 fully saturated rings. The predicted molar refractivity (Wildman–Crippen MR) is 68.7 cm³/mol. The molecule has 0 amide bonds. The van der Waals surface area contributed by atoms with E-state index in [0.29, 0.717) is 5.56 Å². The molecule has 0 aliphatic rings. The number of aryl methyl sites for hydroxylation is 3. The highest BCUT2D eigenvalue weighted by Gasteiger charge is 2.15. The van der Waals surface area contributed by atoms with E-state index in [1.807, 2.05) is 18.4 Å². The summed E-state index contributed by atoms with van der Waals surface area (Å²) in [5.74, 6) is -0.853. The zero-order valence-corrected chi connectivity index (χ0v) is 10.4. The van der Waals surface area contributed by atoms with E-state index in [1.54, 1.807) is 6.07 Å². The standard InChI is InChI=1S/C14H17NO2/c1-4-10-8-15(5-2)13-11(10)6-9(3)7-12(13)14(16)17/h6-8H,4-5H2,1-3H3,(H,16,17). The molecule has 2 aromatic rings. The molecule has 2 rings (SSSR count). The number of benzene rings is 1. The van der Waals surface area contributed by atoms with Crippen LogP contribution in [0.4, 0.5) is 0 Å². The van der Waals surface area contributed by atoms with Gasteiger partial charge in [-0.2, -0.15) is 0 Å². The molecule has 0 spiro atoms. The van der Waals surface area contributed by atoms with Crippen molar-refractivity contribution in [2.45, 2.75) is 33.7 Å². The maximum atomic E-state index is 11.3. The number of carboxylic acids is 1. The van der Waals surface area contributed by atoms with Crippen LogP contribution >= 0.6 is 0 Å². The molecule has 0 bridgehead atoms. The highest BCUT2D eigenvalue weighted by Crippen LogP contribution is 2.27. The number of hydrogen-bond donors (Lipinski definition) is 1. The lowest BCUT2D eigenvalue weighted by Gasteiger charge is -2.05. The Labute approximate surface area is 101 Å². The molecule has 1 heterocycles. The number of fused-ring (bicyclic) bond motifs is 1. The molecule has 0 saturated heterocycles. The molecule has 0 saturated carbocycles. The minimum Gasteiger partial charge on any atom is -0.478 e. The summed E-state index contributed by atoms with van der Waals surface area (Å²) in [7, 11) is 0. The van der Waals surface area contributed by atoms with Crippen LogP contribution in [0.1, 0.15) is 35.3 Å². The Kier molecular flexibility index (Phi) is 2.92. The Balaban J connectivity index is 2.90. The summed E-state index contributed by atoms with van der Waals surface area (Å²) in [5, 5.41) is 10.4. The number of nitrogens with zero attached hydrogens (tertiary/aromatic N) is 1. The molecule has 3 nitrogen and oxygen atoms in total. The molecular weight excluding hydrogens is 214 g/mol. The van der Waals surface area contributed by atoms with Gasteiger partial charge in [-0.15, -0.1) is 0 Å². The average molecular weight is 231 g/mol. The quantitative estimate of drug-likeness (QED) is 0.881. The fourth-order valence-electron chi connectivity index (χ4n) is 2.35. The summed E-state index contributed by atoms with van der Waals surface area (Å²) < 4.78 is 2.02. The second-order valence-electron chi connectivity index (χ2n) is 4.31. The molecule has 17 heavy (non-hydrogen) atoms. The first-order valence-electron chi connectivity index (χ1n) is 5.94. The fourth-order valence-corrected chi connectivity index (χ4v) is 2.35. The second-order valence-corrected chi connectivity index (χ2v) is 4.31. The van der Waals surface area contributed by atoms with Crippen LogP contribution in [0.3, 0.4) is 0 Å². The van der Waals surface area contributed by atoms with Crippen LogP contribution < -0.4 is 0 Å². The lowest BCUT2D eigenvalue weighted by molar-refractivity contribution is 0.0698. The number of carbonyl (C=O) groups is 1. The smallest absolute Gasteiger partial charge is 0.337 e. The Morgan fingerprint density at radius 2 is 2.06 bits per heavy atom. The topological polar surface area (TPSA) is 42.2 Å². The summed E-state index contributed by atoms with van der Waals surface area (Å²) >= 11 is 0. The third-order valence-corrected chi connectivity index (χ3v) is 3.15. The lowest BCUT2D eigenvalue weighted by Crippen LogP contribution is -2.02. The highest BCUT2D eigenvalue weighted by atomic mass is 16.4. The number of rotatable bonds is 3. The molecule has 90 valence electrons. The van der Waals surface area contributed by atoms with Gasteiger partial charge in [0.15, 0.2) is 0 Å². The van der Waals surface area contributed by atoms with Crippen molar-refractivity contribution < 1.29 is 9.90 Å². The van der Waals surface area contributed by atoms with E-state index in [2.05, 4.69) is 19.2 Å². The Morgan fingerprint density at radius 1 is 1.35 bits per heavy atom. The average Bonchev–Trinajstić information content (AvgIpc) is 2.65. The Hall–Kier alpha value is -1.77. The summed E-state index contributed by atoms with van der Waals surface area (Å²) in [6.45, 7) is 6.86. The van der Waals surface area contributed by atoms with Crippen molar-refractivity contribution in [3.05, 3.63) is 35.0 Å². The van der Waals surface area contributed by atoms with Crippen LogP contribution in [0.2, 0.25) is 0 Å². The maximum Gasteiger partial charge on any atom is 0.337 e. The minimum atomic E-state index is -0.853. The van der Waals surface area contributed by atoms with Gasteiger partial charge in [-0.3, -0.25) is 0 Å². The van der Waals surface area contributed by atoms with Crippen molar-refractivity contribution in [2.24, 2.45) is 0 Å². The summed E-state index contributed by atoms with van der Waals surface area (Å²) in [5.41, 5.74) is 3.47. The van der Waals surface area contributed by atoms with Crippen LogP contribution in [0.15, 0.2) is 18.3 Å². The van der Waals surface area contributed by atoms with E-state index >= 15 is 0 Å². The lowest BCUT2D eigenvalue weighted by atomic mass is 10.0. The molecule has 1 aromatic heterocycles. The molecule has 0 radical (unpaired) electrons. The first kappa shape index (κ1) is 11.7. The molecule has 1 N–H and O–H groups in total. The van der Waals surface area contributed by atoms with Gasteiger partial charge in [-0.05, 0) is 43.5 Å². The first-order chi connectivity index (χ1) is 8.08. The third-order valence-electron chi connectivity index (χ3n) is 3.15. The van der Waals surface area contributed by atoms with Gasteiger partial charge in [0, 0.05) is 18.1 Å². The summed E-state index contributed by atoms with van der Waals surface area (Å²) in [6, 6.07) is 3.82. The zero-order chi connectivity index (χ0) is 12.6. The largest absolute Gasteiger partial charge is 0.478 e. The van der Waals surface area contributed by atoms with Gasteiger partial charge in [0.25, 0.3) is 0 Å². The summed E-state index contributed by atoms with van der Waals surface area (Å²) in [6.07, 6.45) is 2.99. The van der Waals surface area contributed by atoms with E-state index in [0.717, 1.165) is 29.4 Å². The van der Waals surface area contributed by atoms with Crippen molar-refractivity contribution in [1.82, 2.24) is 4.57 Å². The van der Waals surface area contributed by atoms with Crippen molar-refractivity contribution >= 4 is 16.9 Å². The molecule has 0 aliphatic carbocycles. The monoisotopic (exact) mass is 231 g/mol. The van der Waals surface area contributed by atoms with Crippen LogP contribution in [0.25, 0.3) is 10.9 Å². The molecule has 0 atom stereocenters. The fraction of sp³-hybridized carbons (Fsp3) is 0.357. The van der Waals surface area contributed by atoms with Gasteiger partial charge in [0.1, 0.15) is 0 Å². The van der Waals surface area contributed by atoms with Gasteiger partial charge < -0.3 is 9.67 Å². The van der Waals surface area contributed by atoms with Gasteiger partial charge >= 0.3 is 5.97 Å². The van der Waals surface area contributed by atoms with Gasteiger partial charge in [-0.1, -0.05) is 6.92 Å². The number of carboxylic acid groups (broad SMARTS) is 1. The van der Waals surface area contributed by atoms with Crippen molar-refractivity contribution in [3.63, 3.8) is 0 Å². The Bertz CT molecular complexity index is 581. The second kappa shape index (κ2) is 4.24. The van der Waals surface area contributed by atoms with Crippen molar-refractivity contribution in [3.8, 4) is 0 Å². The molecule has 0 unspecified atom stereocenters. The molecule has 1 aromatic carbocycles. The molecular formula is C14H17NO2. The van der Waals surface area contributed by atoms with Crippen molar-refractivity contribution in [1.29, 1.82) is 0 Å². The first-order valence-corrected chi connectivity index (χ1v) is 5.94. The zero-order valence-electron chi connectivity index (χ0n) is 10.4. The van der Waals surface area contributed by atoms with Gasteiger partial charge in [0.05, 0.1) is 11.1 Å². The third kappa shape index (κ3) is 1.82. The van der Waals surface area contributed by atoms with E-state index < -0.39 is 5.97 Å². The van der Waals surface area contributed by atoms with Gasteiger partial charge in [-0.25, -0.2) is 4.79 Å². The number of aromatic nitrogens is 1. The van der Waals surface area contributed by atoms with Crippen LogP contribution in [0, 0.1) is 6.92 Å². The van der Waals surface area contributed by atoms with E-state index in [-0.39, 0.29) is 0 Å². The Morgan fingerprint density at radius 3 is 2.59 bits per heavy atom. The number of hydrogen-bond acceptors (Lipinski definition) is 1. The normalized spacial score (nSPS) is 11.0. The van der Waals surface area contributed by atoms with Crippen LogP contribution in [-0.2, 0) is 13.0 Å². The number of aromatic carboxylic acids is 1. The van der Waals surface area contributed by atoms with E-state index in [1.165, 1.54) is 5.56 Å². The van der Waals surface area contributed by atoms with Gasteiger partial charge in [0.2, 0.25) is 0 Å². The molecule has 3 heteroatoms. The van der Waals surface area contributed by atoms with E-state index in [4.69, 9.17) is 0 Å². The SMILES string of the molecule is CCc1cn(CC)c2c(C(=O)O)cc(C)cc12. The van der Waals surface area contributed by atoms with Crippen LogP contribution in [-0.4, -0.2) is 15.6 Å². The highest BCUT2D eigenvalue weighted by molar-refractivity contribution is 6.03.